The zero-order chi connectivity index (χ0) is 12.3. The number of nitriles is 1. The molecule has 0 bridgehead atoms. The predicted octanol–water partition coefficient (Wildman–Crippen LogP) is 2.47. The first-order valence-electron chi connectivity index (χ1n) is 4.78. The average molecular weight is 229 g/mol. The minimum absolute atomic E-state index is 0.136. The highest BCUT2D eigenvalue weighted by Gasteiger charge is 2.09. The summed E-state index contributed by atoms with van der Waals surface area (Å²) in [5.74, 6) is 0.224. The van der Waals surface area contributed by atoms with Gasteiger partial charge in [-0.1, -0.05) is 6.07 Å². The molecule has 5 heteroatoms. The Morgan fingerprint density at radius 2 is 2.18 bits per heavy atom. The zero-order valence-corrected chi connectivity index (χ0v) is 8.72. The molecule has 1 heterocycles. The van der Waals surface area contributed by atoms with E-state index in [1.54, 1.807) is 12.1 Å². The maximum absolute atomic E-state index is 13.3. The first-order valence-corrected chi connectivity index (χ1v) is 4.78. The SMILES string of the molecule is N#Cc1c(F)cccc1Oc1ccnc(N)c1. The van der Waals surface area contributed by atoms with Crippen LogP contribution in [0.1, 0.15) is 5.56 Å². The van der Waals surface area contributed by atoms with E-state index < -0.39 is 5.82 Å². The number of halogens is 1. The summed E-state index contributed by atoms with van der Waals surface area (Å²) in [6, 6.07) is 9.00. The van der Waals surface area contributed by atoms with Crippen LogP contribution in [0.3, 0.4) is 0 Å². The summed E-state index contributed by atoms with van der Waals surface area (Å²) in [5, 5.41) is 8.82. The molecule has 2 rings (SSSR count). The fraction of sp³-hybridized carbons (Fsp3) is 0. The van der Waals surface area contributed by atoms with Crippen molar-refractivity contribution < 1.29 is 9.13 Å². The number of hydrogen-bond acceptors (Lipinski definition) is 4. The Morgan fingerprint density at radius 3 is 2.88 bits per heavy atom. The van der Waals surface area contributed by atoms with Crippen LogP contribution < -0.4 is 10.5 Å². The second-order valence-corrected chi connectivity index (χ2v) is 3.24. The van der Waals surface area contributed by atoms with Crippen LogP contribution >= 0.6 is 0 Å². The molecule has 0 fully saturated rings. The van der Waals surface area contributed by atoms with Crippen LogP contribution in [-0.2, 0) is 0 Å². The maximum atomic E-state index is 13.3. The quantitative estimate of drug-likeness (QED) is 0.858. The van der Waals surface area contributed by atoms with E-state index in [1.807, 2.05) is 0 Å². The number of anilines is 1. The molecule has 2 N–H and O–H groups in total. The van der Waals surface area contributed by atoms with Gasteiger partial charge in [0.25, 0.3) is 0 Å². The third-order valence-corrected chi connectivity index (χ3v) is 2.07. The summed E-state index contributed by atoms with van der Waals surface area (Å²) in [6.45, 7) is 0. The second-order valence-electron chi connectivity index (χ2n) is 3.24. The fourth-order valence-electron chi connectivity index (χ4n) is 1.32. The molecule has 0 amide bonds. The van der Waals surface area contributed by atoms with E-state index in [9.17, 15) is 4.39 Å². The lowest BCUT2D eigenvalue weighted by atomic mass is 10.2. The van der Waals surface area contributed by atoms with Crippen molar-refractivity contribution in [2.45, 2.75) is 0 Å². The minimum atomic E-state index is -0.618. The van der Waals surface area contributed by atoms with Crippen LogP contribution in [0.2, 0.25) is 0 Å². The Labute approximate surface area is 97.1 Å². The number of ether oxygens (including phenoxy) is 1. The van der Waals surface area contributed by atoms with Crippen LogP contribution in [0.15, 0.2) is 36.5 Å². The average Bonchev–Trinajstić information content (AvgIpc) is 2.29. The van der Waals surface area contributed by atoms with Gasteiger partial charge in [-0.2, -0.15) is 5.26 Å². The monoisotopic (exact) mass is 229 g/mol. The normalized spacial score (nSPS) is 9.65. The van der Waals surface area contributed by atoms with Gasteiger partial charge in [-0.15, -0.1) is 0 Å². The number of hydrogen-bond donors (Lipinski definition) is 1. The molecule has 84 valence electrons. The third kappa shape index (κ3) is 2.32. The van der Waals surface area contributed by atoms with Crippen LogP contribution in [-0.4, -0.2) is 4.98 Å². The van der Waals surface area contributed by atoms with Crippen molar-refractivity contribution in [3.05, 3.63) is 47.9 Å². The van der Waals surface area contributed by atoms with Gasteiger partial charge in [-0.05, 0) is 18.2 Å². The fourth-order valence-corrected chi connectivity index (χ4v) is 1.32. The van der Waals surface area contributed by atoms with E-state index in [0.717, 1.165) is 0 Å². The molecule has 2 aromatic rings. The molecule has 0 spiro atoms. The minimum Gasteiger partial charge on any atom is -0.456 e. The van der Waals surface area contributed by atoms with Crippen LogP contribution in [0.4, 0.5) is 10.2 Å². The van der Waals surface area contributed by atoms with Crippen molar-refractivity contribution >= 4 is 5.82 Å². The van der Waals surface area contributed by atoms with E-state index in [-0.39, 0.29) is 17.1 Å². The highest BCUT2D eigenvalue weighted by molar-refractivity contribution is 5.47. The summed E-state index contributed by atoms with van der Waals surface area (Å²) >= 11 is 0. The number of benzene rings is 1. The molecule has 0 saturated heterocycles. The van der Waals surface area contributed by atoms with Gasteiger partial charge in [-0.3, -0.25) is 0 Å². The van der Waals surface area contributed by atoms with Crippen molar-refractivity contribution in [1.82, 2.24) is 4.98 Å². The second kappa shape index (κ2) is 4.49. The first-order chi connectivity index (χ1) is 8.20. The third-order valence-electron chi connectivity index (χ3n) is 2.07. The molecule has 0 aliphatic carbocycles. The summed E-state index contributed by atoms with van der Waals surface area (Å²) in [5.41, 5.74) is 5.35. The van der Waals surface area contributed by atoms with Gasteiger partial charge >= 0.3 is 0 Å². The molecule has 0 aliphatic rings. The van der Waals surface area contributed by atoms with Gasteiger partial charge in [0.1, 0.15) is 34.8 Å². The van der Waals surface area contributed by atoms with E-state index >= 15 is 0 Å². The lowest BCUT2D eigenvalue weighted by Gasteiger charge is -2.07. The van der Waals surface area contributed by atoms with Crippen molar-refractivity contribution in [2.75, 3.05) is 5.73 Å². The van der Waals surface area contributed by atoms with E-state index in [2.05, 4.69) is 4.98 Å². The summed E-state index contributed by atoms with van der Waals surface area (Å²) < 4.78 is 18.7. The van der Waals surface area contributed by atoms with E-state index in [0.29, 0.717) is 5.75 Å². The summed E-state index contributed by atoms with van der Waals surface area (Å²) in [4.78, 5) is 3.80. The summed E-state index contributed by atoms with van der Waals surface area (Å²) in [7, 11) is 0. The van der Waals surface area contributed by atoms with Crippen molar-refractivity contribution in [3.8, 4) is 17.6 Å². The maximum Gasteiger partial charge on any atom is 0.148 e. The molecule has 17 heavy (non-hydrogen) atoms. The van der Waals surface area contributed by atoms with Crippen LogP contribution in [0, 0.1) is 17.1 Å². The first kappa shape index (κ1) is 10.9. The molecule has 0 atom stereocenters. The van der Waals surface area contributed by atoms with Crippen molar-refractivity contribution in [3.63, 3.8) is 0 Å². The van der Waals surface area contributed by atoms with Gasteiger partial charge in [0.15, 0.2) is 0 Å². The number of aromatic nitrogens is 1. The van der Waals surface area contributed by atoms with Gasteiger partial charge in [0.05, 0.1) is 0 Å². The standard InChI is InChI=1S/C12H8FN3O/c13-10-2-1-3-11(9(10)7-14)17-8-4-5-16-12(15)6-8/h1-6H,(H2,15,16). The van der Waals surface area contributed by atoms with Crippen LogP contribution in [0.5, 0.6) is 11.5 Å². The molecule has 1 aromatic carbocycles. The number of nitrogens with zero attached hydrogens (tertiary/aromatic N) is 2. The lowest BCUT2D eigenvalue weighted by Crippen LogP contribution is -1.93. The van der Waals surface area contributed by atoms with Gasteiger partial charge < -0.3 is 10.5 Å². The highest BCUT2D eigenvalue weighted by Crippen LogP contribution is 2.26. The Hall–Kier alpha value is -2.61. The van der Waals surface area contributed by atoms with Crippen LogP contribution in [0.25, 0.3) is 0 Å². The lowest BCUT2D eigenvalue weighted by molar-refractivity contribution is 0.474. The van der Waals surface area contributed by atoms with Crippen molar-refractivity contribution in [2.24, 2.45) is 0 Å². The Kier molecular flexibility index (Phi) is 2.88. The Morgan fingerprint density at radius 1 is 1.35 bits per heavy atom. The number of nitrogens with two attached hydrogens (primary N) is 1. The molecule has 4 nitrogen and oxygen atoms in total. The Bertz CT molecular complexity index is 593. The number of pyridine rings is 1. The van der Waals surface area contributed by atoms with Gasteiger partial charge in [0.2, 0.25) is 0 Å². The van der Waals surface area contributed by atoms with E-state index in [1.165, 1.54) is 30.5 Å². The Balaban J connectivity index is 2.37. The van der Waals surface area contributed by atoms with Gasteiger partial charge in [0, 0.05) is 12.3 Å². The molecular formula is C12H8FN3O. The molecule has 1 aromatic heterocycles. The topological polar surface area (TPSA) is 71.9 Å². The molecule has 0 saturated carbocycles. The zero-order valence-electron chi connectivity index (χ0n) is 8.72. The van der Waals surface area contributed by atoms with Gasteiger partial charge in [-0.25, -0.2) is 9.37 Å². The molecule has 0 aliphatic heterocycles. The largest absolute Gasteiger partial charge is 0.456 e. The molecular weight excluding hydrogens is 221 g/mol. The van der Waals surface area contributed by atoms with E-state index in [4.69, 9.17) is 15.7 Å². The highest BCUT2D eigenvalue weighted by atomic mass is 19.1. The predicted molar refractivity (Wildman–Crippen MR) is 59.8 cm³/mol. The number of nitrogen functional groups attached to an aromatic ring is 1. The van der Waals surface area contributed by atoms with Crippen molar-refractivity contribution in [1.29, 1.82) is 5.26 Å². The number of rotatable bonds is 2. The summed E-state index contributed by atoms with van der Waals surface area (Å²) in [6.07, 6.45) is 1.47. The molecule has 0 radical (unpaired) electrons. The smallest absolute Gasteiger partial charge is 0.148 e. The molecule has 0 unspecified atom stereocenters.